The van der Waals surface area contributed by atoms with Gasteiger partial charge in [-0.15, -0.1) is 0 Å². The highest BCUT2D eigenvalue weighted by molar-refractivity contribution is 6.31. The van der Waals surface area contributed by atoms with Crippen molar-refractivity contribution in [1.29, 1.82) is 0 Å². The van der Waals surface area contributed by atoms with Crippen molar-refractivity contribution < 1.29 is 0 Å². The van der Waals surface area contributed by atoms with E-state index in [1.54, 1.807) is 0 Å². The minimum atomic E-state index is 0.499. The Labute approximate surface area is 292 Å². The molecule has 0 spiro atoms. The molecule has 9 rings (SSSR count). The molecule has 0 aliphatic carbocycles. The Morgan fingerprint density at radius 3 is 1.94 bits per heavy atom. The predicted molar refractivity (Wildman–Crippen MR) is 202 cm³/mol. The smallest absolute Gasteiger partial charge is 0.238 e. The average Bonchev–Trinajstić information content (AvgIpc) is 3.49. The molecule has 0 saturated carbocycles. The Morgan fingerprint density at radius 2 is 1.22 bits per heavy atom. The van der Waals surface area contributed by atoms with Crippen molar-refractivity contribution in [3.05, 3.63) is 149 Å². The molecule has 8 aromatic rings. The number of hydrogen-bond acceptors (Lipinski definition) is 5. The Bertz CT molecular complexity index is 2510. The van der Waals surface area contributed by atoms with E-state index in [1.807, 2.05) is 66.7 Å². The van der Waals surface area contributed by atoms with Crippen LogP contribution >= 0.6 is 23.2 Å². The van der Waals surface area contributed by atoms with Gasteiger partial charge in [-0.2, -0.15) is 9.97 Å². The molecular weight excluding hydrogens is 647 g/mol. The molecule has 3 heterocycles. The van der Waals surface area contributed by atoms with Gasteiger partial charge in [0.25, 0.3) is 0 Å². The maximum Gasteiger partial charge on any atom is 0.238 e. The van der Waals surface area contributed by atoms with E-state index in [4.69, 9.17) is 38.2 Å². The van der Waals surface area contributed by atoms with E-state index in [2.05, 4.69) is 87.9 Å². The zero-order valence-corrected chi connectivity index (χ0v) is 27.6. The Kier molecular flexibility index (Phi) is 7.00. The lowest BCUT2D eigenvalue weighted by atomic mass is 9.91. The summed E-state index contributed by atoms with van der Waals surface area (Å²) in [6, 6.07) is 44.7. The van der Waals surface area contributed by atoms with Crippen LogP contribution in [0.25, 0.3) is 61.7 Å². The van der Waals surface area contributed by atoms with E-state index in [1.165, 1.54) is 11.1 Å². The van der Waals surface area contributed by atoms with Crippen LogP contribution in [0.15, 0.2) is 138 Å². The summed E-state index contributed by atoms with van der Waals surface area (Å²) in [5.41, 5.74) is 9.98. The predicted octanol–water partition coefficient (Wildman–Crippen LogP) is 11.3. The minimum Gasteiger partial charge on any atom is -0.333 e. The lowest BCUT2D eigenvalue weighted by molar-refractivity contribution is 0.936. The summed E-state index contributed by atoms with van der Waals surface area (Å²) >= 11 is 12.6. The molecule has 8 heteroatoms. The third-order valence-electron chi connectivity index (χ3n) is 9.09. The molecule has 0 atom stereocenters. The molecule has 0 saturated heterocycles. The van der Waals surface area contributed by atoms with Gasteiger partial charge in [0.2, 0.25) is 5.95 Å². The average molecular weight is 674 g/mol. The first-order valence-electron chi connectivity index (χ1n) is 15.8. The van der Waals surface area contributed by atoms with Crippen molar-refractivity contribution in [1.82, 2.24) is 19.5 Å². The highest BCUT2D eigenvalue weighted by Gasteiger charge is 2.30. The fourth-order valence-corrected chi connectivity index (χ4v) is 7.11. The number of aliphatic imine (C=N–C) groups is 1. The number of rotatable bonds is 5. The first-order chi connectivity index (χ1) is 24.1. The largest absolute Gasteiger partial charge is 0.333 e. The molecule has 0 fully saturated rings. The van der Waals surface area contributed by atoms with Crippen LogP contribution in [0, 0.1) is 0 Å². The van der Waals surface area contributed by atoms with Crippen molar-refractivity contribution in [2.24, 2.45) is 4.99 Å². The molecule has 0 unspecified atom stereocenters. The normalized spacial score (nSPS) is 12.2. The van der Waals surface area contributed by atoms with Crippen LogP contribution < -0.4 is 4.90 Å². The van der Waals surface area contributed by atoms with E-state index < -0.39 is 0 Å². The molecule has 49 heavy (non-hydrogen) atoms. The molecule has 6 nitrogen and oxygen atoms in total. The van der Waals surface area contributed by atoms with Gasteiger partial charge in [-0.3, -0.25) is 9.56 Å². The topological polar surface area (TPSA) is 59.2 Å². The summed E-state index contributed by atoms with van der Waals surface area (Å²) in [6.07, 6.45) is 0. The molecule has 0 radical (unpaired) electrons. The van der Waals surface area contributed by atoms with E-state index in [0.717, 1.165) is 55.6 Å². The van der Waals surface area contributed by atoms with E-state index in [-0.39, 0.29) is 0 Å². The van der Waals surface area contributed by atoms with Crippen molar-refractivity contribution in [2.45, 2.75) is 6.54 Å². The second-order valence-corrected chi connectivity index (χ2v) is 12.8. The van der Waals surface area contributed by atoms with Crippen LogP contribution in [0.4, 0.5) is 17.1 Å². The van der Waals surface area contributed by atoms with Gasteiger partial charge in [0.15, 0.2) is 11.6 Å². The first-order valence-corrected chi connectivity index (χ1v) is 16.6. The third kappa shape index (κ3) is 4.88. The summed E-state index contributed by atoms with van der Waals surface area (Å²) in [5.74, 6) is 1.56. The van der Waals surface area contributed by atoms with Gasteiger partial charge >= 0.3 is 0 Å². The molecule has 0 bridgehead atoms. The maximum atomic E-state index is 6.29. The number of benzene rings is 6. The Balaban J connectivity index is 1.41. The highest BCUT2D eigenvalue weighted by atomic mass is 35.5. The minimum absolute atomic E-state index is 0.499. The van der Waals surface area contributed by atoms with E-state index in [9.17, 15) is 0 Å². The fraction of sp³-hybridized carbons (Fsp3) is 0.0244. The monoisotopic (exact) mass is 672 g/mol. The van der Waals surface area contributed by atoms with Gasteiger partial charge in [-0.05, 0) is 84.6 Å². The second kappa shape index (κ2) is 11.7. The van der Waals surface area contributed by atoms with Crippen LogP contribution in [-0.4, -0.2) is 26.2 Å². The number of nitrogens with zero attached hydrogens (tertiary/aromatic N) is 6. The van der Waals surface area contributed by atoms with Gasteiger partial charge in [0, 0.05) is 44.1 Å². The maximum absolute atomic E-state index is 6.29. The molecule has 1 aliphatic heterocycles. The summed E-state index contributed by atoms with van der Waals surface area (Å²) in [4.78, 5) is 22.1. The van der Waals surface area contributed by atoms with Gasteiger partial charge in [0.05, 0.1) is 28.1 Å². The molecule has 0 N–H and O–H groups in total. The highest BCUT2D eigenvalue weighted by Crippen LogP contribution is 2.50. The molecular formula is C41H26Cl2N6. The number of aromatic nitrogens is 4. The zero-order valence-electron chi connectivity index (χ0n) is 26.1. The summed E-state index contributed by atoms with van der Waals surface area (Å²) in [6.45, 7) is 4.56. The van der Waals surface area contributed by atoms with Crippen molar-refractivity contribution >= 4 is 68.8 Å². The van der Waals surface area contributed by atoms with Crippen LogP contribution in [0.1, 0.15) is 5.56 Å². The number of fused-ring (bicyclic) bond motifs is 7. The van der Waals surface area contributed by atoms with Crippen molar-refractivity contribution in [3.63, 3.8) is 0 Å². The summed E-state index contributed by atoms with van der Waals surface area (Å²) < 4.78 is 2.18. The summed E-state index contributed by atoms with van der Waals surface area (Å²) in [5, 5.41) is 3.46. The quantitative estimate of drug-likeness (QED) is 0.171. The zero-order chi connectivity index (χ0) is 33.1. The van der Waals surface area contributed by atoms with Crippen LogP contribution in [0.2, 0.25) is 10.0 Å². The lowest BCUT2D eigenvalue weighted by Gasteiger charge is -2.34. The van der Waals surface area contributed by atoms with Gasteiger partial charge in [0.1, 0.15) is 0 Å². The first kappa shape index (κ1) is 29.3. The third-order valence-corrected chi connectivity index (χ3v) is 9.59. The SMILES string of the molecule is C=Nc1ccccc1N1Cc2ccccc2-c2ccc3c4ccccc4n(-c4nc(-c5ccc(Cl)cc5)nc(-c5ccc(Cl)cc5)n4)c3c21. The lowest BCUT2D eigenvalue weighted by Crippen LogP contribution is -2.22. The van der Waals surface area contributed by atoms with Crippen LogP contribution in [0.5, 0.6) is 0 Å². The van der Waals surface area contributed by atoms with E-state index in [0.29, 0.717) is 34.2 Å². The van der Waals surface area contributed by atoms with Crippen LogP contribution in [0.3, 0.4) is 0 Å². The summed E-state index contributed by atoms with van der Waals surface area (Å²) in [7, 11) is 0. The molecule has 0 amide bonds. The molecule has 1 aliphatic rings. The van der Waals surface area contributed by atoms with Crippen LogP contribution in [-0.2, 0) is 6.54 Å². The van der Waals surface area contributed by atoms with Gasteiger partial charge < -0.3 is 4.90 Å². The number of anilines is 2. The van der Waals surface area contributed by atoms with Crippen molar-refractivity contribution in [3.8, 4) is 39.9 Å². The van der Waals surface area contributed by atoms with Gasteiger partial charge in [-0.25, -0.2) is 4.98 Å². The number of hydrogen-bond donors (Lipinski definition) is 0. The second-order valence-electron chi connectivity index (χ2n) is 11.9. The Morgan fingerprint density at radius 1 is 0.592 bits per heavy atom. The Hall–Kier alpha value is -5.82. The van der Waals surface area contributed by atoms with Crippen molar-refractivity contribution in [2.75, 3.05) is 4.90 Å². The molecule has 6 aromatic carbocycles. The molecule has 234 valence electrons. The van der Waals surface area contributed by atoms with E-state index >= 15 is 0 Å². The standard InChI is InChI=1S/C41H26Cl2N6/c1-44-34-11-5-7-13-36(34)48-24-27-8-2-3-9-30(27)32-22-23-33-31-10-4-6-12-35(31)49(38(33)37(32)48)41-46-39(25-14-18-28(42)19-15-25)45-40(47-41)26-16-20-29(43)21-17-26/h2-23H,1,24H2. The molecule has 2 aromatic heterocycles. The number of para-hydroxylation sites is 3. The fourth-order valence-electron chi connectivity index (χ4n) is 6.86. The number of halogens is 2. The van der Waals surface area contributed by atoms with Gasteiger partial charge in [-0.1, -0.05) is 89.9 Å².